The molecule has 0 aliphatic carbocycles. The highest BCUT2D eigenvalue weighted by atomic mass is 35.5. The van der Waals surface area contributed by atoms with E-state index >= 15 is 0 Å². The molecule has 1 fully saturated rings. The number of likely N-dealkylation sites (tertiary alicyclic amines) is 1. The van der Waals surface area contributed by atoms with Crippen LogP contribution in [-0.2, 0) is 16.1 Å². The van der Waals surface area contributed by atoms with Crippen LogP contribution in [0.15, 0.2) is 35.7 Å². The van der Waals surface area contributed by atoms with E-state index in [0.29, 0.717) is 22.3 Å². The molecule has 1 aliphatic rings. The average Bonchev–Trinajstić information content (AvgIpc) is 3.27. The van der Waals surface area contributed by atoms with Gasteiger partial charge in [-0.2, -0.15) is 0 Å². The van der Waals surface area contributed by atoms with Gasteiger partial charge in [-0.1, -0.05) is 29.3 Å². The van der Waals surface area contributed by atoms with Crippen molar-refractivity contribution in [3.05, 3.63) is 50.6 Å². The molecule has 5 nitrogen and oxygen atoms in total. The van der Waals surface area contributed by atoms with Gasteiger partial charge < -0.3 is 10.6 Å². The van der Waals surface area contributed by atoms with Crippen molar-refractivity contribution in [2.75, 3.05) is 18.4 Å². The molecule has 1 aliphatic heterocycles. The molecule has 2 amide bonds. The molecule has 0 unspecified atom stereocenters. The summed E-state index contributed by atoms with van der Waals surface area (Å²) in [5.41, 5.74) is 0.523. The number of hydrogen-bond donors (Lipinski definition) is 2. The zero-order valence-electron chi connectivity index (χ0n) is 14.0. The molecule has 26 heavy (non-hydrogen) atoms. The predicted molar refractivity (Wildman–Crippen MR) is 106 cm³/mol. The summed E-state index contributed by atoms with van der Waals surface area (Å²) in [6, 6.07) is 8.53. The Labute approximate surface area is 166 Å². The molecule has 2 heterocycles. The summed E-state index contributed by atoms with van der Waals surface area (Å²) in [4.78, 5) is 27.8. The van der Waals surface area contributed by atoms with E-state index < -0.39 is 0 Å². The second kappa shape index (κ2) is 8.86. The summed E-state index contributed by atoms with van der Waals surface area (Å²) < 4.78 is 0. The van der Waals surface area contributed by atoms with Crippen molar-refractivity contribution in [1.82, 2.24) is 10.2 Å². The number of nitrogens with zero attached hydrogens (tertiary/aromatic N) is 1. The van der Waals surface area contributed by atoms with Crippen molar-refractivity contribution in [2.24, 2.45) is 0 Å². The topological polar surface area (TPSA) is 61.4 Å². The maximum absolute atomic E-state index is 12.6. The molecule has 0 saturated carbocycles. The maximum atomic E-state index is 12.6. The van der Waals surface area contributed by atoms with E-state index in [1.165, 1.54) is 0 Å². The minimum atomic E-state index is -0.339. The van der Waals surface area contributed by atoms with Gasteiger partial charge in [-0.05, 0) is 49.0 Å². The number of thiophene rings is 1. The van der Waals surface area contributed by atoms with E-state index in [2.05, 4.69) is 10.6 Å². The smallest absolute Gasteiger partial charge is 0.241 e. The highest BCUT2D eigenvalue weighted by molar-refractivity contribution is 7.09. The number of benzene rings is 1. The van der Waals surface area contributed by atoms with Crippen molar-refractivity contribution in [2.45, 2.75) is 25.4 Å². The molecule has 0 radical (unpaired) electrons. The molecular formula is C18H19Cl2N3O2S. The summed E-state index contributed by atoms with van der Waals surface area (Å²) in [5.74, 6) is -0.236. The Kier molecular flexibility index (Phi) is 6.53. The normalized spacial score (nSPS) is 17.2. The minimum absolute atomic E-state index is 0.0809. The van der Waals surface area contributed by atoms with Gasteiger partial charge in [0.2, 0.25) is 11.8 Å². The number of amides is 2. The number of hydrogen-bond acceptors (Lipinski definition) is 4. The second-order valence-electron chi connectivity index (χ2n) is 6.10. The number of carbonyl (C=O) groups excluding carboxylic acids is 2. The van der Waals surface area contributed by atoms with E-state index in [9.17, 15) is 9.59 Å². The molecule has 1 atom stereocenters. The SMILES string of the molecule is O=C(CN1CCC[C@H]1C(=O)Nc1ccc(Cl)cc1Cl)NCc1cccs1. The molecule has 1 saturated heterocycles. The third kappa shape index (κ3) is 4.98. The lowest BCUT2D eigenvalue weighted by atomic mass is 10.2. The van der Waals surface area contributed by atoms with E-state index in [0.717, 1.165) is 24.3 Å². The highest BCUT2D eigenvalue weighted by Crippen LogP contribution is 2.26. The number of anilines is 1. The summed E-state index contributed by atoms with van der Waals surface area (Å²) in [5, 5.41) is 8.62. The van der Waals surface area contributed by atoms with Crippen LogP contribution in [0.5, 0.6) is 0 Å². The molecule has 3 rings (SSSR count). The van der Waals surface area contributed by atoms with Gasteiger partial charge in [0.25, 0.3) is 0 Å². The standard InChI is InChI=1S/C18H19Cl2N3O2S/c19-12-5-6-15(14(20)9-12)22-18(25)16-4-1-7-23(16)11-17(24)21-10-13-3-2-8-26-13/h2-3,5-6,8-9,16H,1,4,7,10-11H2,(H,21,24)(H,22,25)/t16-/m0/s1. The fraction of sp³-hybridized carbons (Fsp3) is 0.333. The van der Waals surface area contributed by atoms with Crippen molar-refractivity contribution in [3.8, 4) is 0 Å². The lowest BCUT2D eigenvalue weighted by Crippen LogP contribution is -2.44. The van der Waals surface area contributed by atoms with Crippen LogP contribution in [0, 0.1) is 0 Å². The van der Waals surface area contributed by atoms with Gasteiger partial charge in [0.05, 0.1) is 29.8 Å². The largest absolute Gasteiger partial charge is 0.350 e. The van der Waals surface area contributed by atoms with Gasteiger partial charge in [-0.25, -0.2) is 0 Å². The Bertz CT molecular complexity index is 783. The average molecular weight is 412 g/mol. The highest BCUT2D eigenvalue weighted by Gasteiger charge is 2.32. The zero-order chi connectivity index (χ0) is 18.5. The Hall–Kier alpha value is -1.60. The van der Waals surface area contributed by atoms with E-state index in [1.807, 2.05) is 22.4 Å². The molecular weight excluding hydrogens is 393 g/mol. The fourth-order valence-corrected chi connectivity index (χ4v) is 4.06. The lowest BCUT2D eigenvalue weighted by molar-refractivity contribution is -0.124. The van der Waals surface area contributed by atoms with Gasteiger partial charge in [0, 0.05) is 9.90 Å². The van der Waals surface area contributed by atoms with E-state index in [4.69, 9.17) is 23.2 Å². The third-order valence-electron chi connectivity index (χ3n) is 4.24. The minimum Gasteiger partial charge on any atom is -0.350 e. The first-order chi connectivity index (χ1) is 12.5. The first-order valence-electron chi connectivity index (χ1n) is 8.32. The Morgan fingerprint density at radius 2 is 2.12 bits per heavy atom. The lowest BCUT2D eigenvalue weighted by Gasteiger charge is -2.23. The fourth-order valence-electron chi connectivity index (χ4n) is 2.96. The number of nitrogens with one attached hydrogen (secondary N) is 2. The van der Waals surface area contributed by atoms with Gasteiger partial charge in [0.1, 0.15) is 0 Å². The van der Waals surface area contributed by atoms with Crippen molar-refractivity contribution < 1.29 is 9.59 Å². The Morgan fingerprint density at radius 1 is 1.27 bits per heavy atom. The first kappa shape index (κ1) is 19.2. The van der Waals surface area contributed by atoms with Crippen LogP contribution in [-0.4, -0.2) is 35.8 Å². The quantitative estimate of drug-likeness (QED) is 0.759. The zero-order valence-corrected chi connectivity index (χ0v) is 16.3. The Morgan fingerprint density at radius 3 is 2.85 bits per heavy atom. The van der Waals surface area contributed by atoms with E-state index in [1.54, 1.807) is 29.5 Å². The van der Waals surface area contributed by atoms with Gasteiger partial charge in [-0.3, -0.25) is 14.5 Å². The molecule has 0 spiro atoms. The van der Waals surface area contributed by atoms with Crippen LogP contribution in [0.3, 0.4) is 0 Å². The van der Waals surface area contributed by atoms with Crippen LogP contribution in [0.1, 0.15) is 17.7 Å². The van der Waals surface area contributed by atoms with Crippen LogP contribution in [0.25, 0.3) is 0 Å². The van der Waals surface area contributed by atoms with Gasteiger partial charge in [-0.15, -0.1) is 11.3 Å². The summed E-state index contributed by atoms with van der Waals surface area (Å²) >= 11 is 13.6. The van der Waals surface area contributed by atoms with Gasteiger partial charge in [0.15, 0.2) is 0 Å². The maximum Gasteiger partial charge on any atom is 0.241 e. The molecule has 1 aromatic carbocycles. The summed E-state index contributed by atoms with van der Waals surface area (Å²) in [6.45, 7) is 1.44. The number of halogens is 2. The molecule has 138 valence electrons. The first-order valence-corrected chi connectivity index (χ1v) is 9.95. The number of rotatable bonds is 6. The molecule has 8 heteroatoms. The van der Waals surface area contributed by atoms with Crippen LogP contribution < -0.4 is 10.6 Å². The van der Waals surface area contributed by atoms with Crippen LogP contribution in [0.4, 0.5) is 5.69 Å². The molecule has 1 aromatic heterocycles. The van der Waals surface area contributed by atoms with E-state index in [-0.39, 0.29) is 24.4 Å². The molecule has 0 bridgehead atoms. The molecule has 2 N–H and O–H groups in total. The monoisotopic (exact) mass is 411 g/mol. The predicted octanol–water partition coefficient (Wildman–Crippen LogP) is 3.77. The summed E-state index contributed by atoms with van der Waals surface area (Å²) in [7, 11) is 0. The summed E-state index contributed by atoms with van der Waals surface area (Å²) in [6.07, 6.45) is 1.60. The third-order valence-corrected chi connectivity index (χ3v) is 5.67. The second-order valence-corrected chi connectivity index (χ2v) is 7.97. The van der Waals surface area contributed by atoms with Crippen molar-refractivity contribution in [1.29, 1.82) is 0 Å². The Balaban J connectivity index is 1.55. The van der Waals surface area contributed by atoms with Crippen LogP contribution >= 0.6 is 34.5 Å². The van der Waals surface area contributed by atoms with Gasteiger partial charge >= 0.3 is 0 Å². The molecule has 2 aromatic rings. The van der Waals surface area contributed by atoms with Crippen molar-refractivity contribution >= 4 is 52.0 Å². The van der Waals surface area contributed by atoms with Crippen molar-refractivity contribution in [3.63, 3.8) is 0 Å². The van der Waals surface area contributed by atoms with Crippen LogP contribution in [0.2, 0.25) is 10.0 Å². The number of carbonyl (C=O) groups is 2.